The van der Waals surface area contributed by atoms with Gasteiger partial charge >= 0.3 is 0 Å². The van der Waals surface area contributed by atoms with Crippen molar-refractivity contribution in [1.82, 2.24) is 14.7 Å². The Morgan fingerprint density at radius 1 is 1.06 bits per heavy atom. The van der Waals surface area contributed by atoms with Crippen molar-refractivity contribution in [2.45, 2.75) is 13.0 Å². The molecule has 0 spiro atoms. The summed E-state index contributed by atoms with van der Waals surface area (Å²) in [5.41, 5.74) is 4.23. The standard InChI is InChI=1S/C28H22ClN3O2S2/c1-18(19-9-5-3-6-10-19)32-27(33)25(36-28(32)35)16-21-17-31(22-11-7-4-8-12-22)30-26(21)20-13-14-24(34-2)23(29)15-20/h3-18H,1-2H3/b25-16-/t18-/m1/s1. The van der Waals surface area contributed by atoms with Crippen molar-refractivity contribution < 1.29 is 9.53 Å². The Balaban J connectivity index is 1.56. The van der Waals surface area contributed by atoms with Gasteiger partial charge in [-0.25, -0.2) is 4.68 Å². The first-order valence-corrected chi connectivity index (χ1v) is 12.9. The van der Waals surface area contributed by atoms with Crippen LogP contribution in [0.5, 0.6) is 5.75 Å². The van der Waals surface area contributed by atoms with Crippen molar-refractivity contribution in [1.29, 1.82) is 0 Å². The molecule has 3 aromatic carbocycles. The number of aromatic nitrogens is 2. The van der Waals surface area contributed by atoms with E-state index in [1.165, 1.54) is 11.8 Å². The first-order chi connectivity index (χ1) is 17.5. The van der Waals surface area contributed by atoms with Crippen LogP contribution in [0.2, 0.25) is 5.02 Å². The third-order valence-corrected chi connectivity index (χ3v) is 7.59. The van der Waals surface area contributed by atoms with Gasteiger partial charge in [0.25, 0.3) is 5.91 Å². The van der Waals surface area contributed by atoms with Crippen LogP contribution in [-0.2, 0) is 4.79 Å². The molecule has 1 amide bonds. The van der Waals surface area contributed by atoms with Crippen LogP contribution in [0, 0.1) is 0 Å². The number of ether oxygens (including phenoxy) is 1. The maximum absolute atomic E-state index is 13.5. The van der Waals surface area contributed by atoms with Crippen molar-refractivity contribution in [3.63, 3.8) is 0 Å². The van der Waals surface area contributed by atoms with E-state index in [9.17, 15) is 4.79 Å². The molecule has 1 saturated heterocycles. The van der Waals surface area contributed by atoms with Crippen LogP contribution in [0.15, 0.2) is 90.0 Å². The van der Waals surface area contributed by atoms with Gasteiger partial charge in [-0.15, -0.1) is 0 Å². The molecule has 5 rings (SSSR count). The molecule has 1 fully saturated rings. The fraction of sp³-hybridized carbons (Fsp3) is 0.107. The molecule has 0 bridgehead atoms. The summed E-state index contributed by atoms with van der Waals surface area (Å²) in [5.74, 6) is 0.466. The normalized spacial score (nSPS) is 15.5. The van der Waals surface area contributed by atoms with Gasteiger partial charge in [-0.05, 0) is 48.9 Å². The van der Waals surface area contributed by atoms with Crippen LogP contribution in [0.25, 0.3) is 23.0 Å². The lowest BCUT2D eigenvalue weighted by molar-refractivity contribution is -0.123. The van der Waals surface area contributed by atoms with E-state index in [1.54, 1.807) is 16.7 Å². The van der Waals surface area contributed by atoms with Crippen LogP contribution < -0.4 is 4.74 Å². The van der Waals surface area contributed by atoms with Crippen molar-refractivity contribution >= 4 is 51.9 Å². The topological polar surface area (TPSA) is 47.4 Å². The van der Waals surface area contributed by atoms with Gasteiger partial charge in [0.05, 0.1) is 28.8 Å². The number of carbonyl (C=O) groups excluding carboxylic acids is 1. The summed E-state index contributed by atoms with van der Waals surface area (Å²) >= 11 is 13.3. The lowest BCUT2D eigenvalue weighted by atomic mass is 10.1. The predicted octanol–water partition coefficient (Wildman–Crippen LogP) is 7.16. The van der Waals surface area contributed by atoms with Crippen LogP contribution >= 0.6 is 35.6 Å². The second-order valence-electron chi connectivity index (χ2n) is 8.20. The van der Waals surface area contributed by atoms with Gasteiger partial charge in [0.15, 0.2) is 0 Å². The first kappa shape index (κ1) is 24.3. The molecule has 8 heteroatoms. The number of hydrogen-bond donors (Lipinski definition) is 0. The maximum Gasteiger partial charge on any atom is 0.266 e. The van der Waals surface area contributed by atoms with Crippen molar-refractivity contribution in [2.24, 2.45) is 0 Å². The number of thioether (sulfide) groups is 1. The lowest BCUT2D eigenvalue weighted by Crippen LogP contribution is -2.30. The lowest BCUT2D eigenvalue weighted by Gasteiger charge is -2.23. The summed E-state index contributed by atoms with van der Waals surface area (Å²) < 4.78 is 7.64. The Labute approximate surface area is 224 Å². The van der Waals surface area contributed by atoms with Gasteiger partial charge in [-0.1, -0.05) is 84.1 Å². The highest BCUT2D eigenvalue weighted by Crippen LogP contribution is 2.39. The van der Waals surface area contributed by atoms with Crippen molar-refractivity contribution in [3.05, 3.63) is 106 Å². The van der Waals surface area contributed by atoms with E-state index in [2.05, 4.69) is 0 Å². The zero-order valence-corrected chi connectivity index (χ0v) is 22.0. The second kappa shape index (κ2) is 10.3. The number of carbonyl (C=O) groups is 1. The summed E-state index contributed by atoms with van der Waals surface area (Å²) in [4.78, 5) is 15.7. The Morgan fingerprint density at radius 3 is 2.42 bits per heavy atom. The van der Waals surface area contributed by atoms with E-state index in [0.717, 1.165) is 22.4 Å². The van der Waals surface area contributed by atoms with E-state index in [-0.39, 0.29) is 11.9 Å². The van der Waals surface area contributed by atoms with Crippen LogP contribution in [0.1, 0.15) is 24.1 Å². The highest BCUT2D eigenvalue weighted by molar-refractivity contribution is 8.26. The van der Waals surface area contributed by atoms with E-state index >= 15 is 0 Å². The Kier molecular flexibility index (Phi) is 6.96. The van der Waals surface area contributed by atoms with Crippen molar-refractivity contribution in [2.75, 3.05) is 7.11 Å². The SMILES string of the molecule is COc1ccc(-c2nn(-c3ccccc3)cc2/C=C2\SC(=S)N([C@H](C)c3ccccc3)C2=O)cc1Cl. The van der Waals surface area contributed by atoms with Gasteiger partial charge in [-0.3, -0.25) is 9.69 Å². The van der Waals surface area contributed by atoms with Crippen LogP contribution in [0.4, 0.5) is 0 Å². The number of halogens is 1. The fourth-order valence-electron chi connectivity index (χ4n) is 4.08. The Hall–Kier alpha value is -3.39. The summed E-state index contributed by atoms with van der Waals surface area (Å²) in [6.45, 7) is 1.99. The zero-order valence-electron chi connectivity index (χ0n) is 19.6. The number of methoxy groups -OCH3 is 1. The van der Waals surface area contributed by atoms with E-state index < -0.39 is 0 Å². The van der Waals surface area contributed by atoms with Crippen LogP contribution in [-0.4, -0.2) is 32.0 Å². The Morgan fingerprint density at radius 2 is 1.75 bits per heavy atom. The summed E-state index contributed by atoms with van der Waals surface area (Å²) in [5, 5.41) is 5.33. The maximum atomic E-state index is 13.5. The summed E-state index contributed by atoms with van der Waals surface area (Å²) in [7, 11) is 1.58. The fourth-order valence-corrected chi connectivity index (χ4v) is 5.75. The van der Waals surface area contributed by atoms with E-state index in [0.29, 0.717) is 25.7 Å². The van der Waals surface area contributed by atoms with E-state index in [4.69, 9.17) is 33.7 Å². The average Bonchev–Trinajstić information content (AvgIpc) is 3.45. The largest absolute Gasteiger partial charge is 0.495 e. The summed E-state index contributed by atoms with van der Waals surface area (Å²) in [6, 6.07) is 25.1. The molecular formula is C28H22ClN3O2S2. The molecule has 180 valence electrons. The van der Waals surface area contributed by atoms with Gasteiger partial charge < -0.3 is 4.74 Å². The molecule has 0 unspecified atom stereocenters. The average molecular weight is 532 g/mol. The third-order valence-electron chi connectivity index (χ3n) is 5.97. The number of amides is 1. The minimum Gasteiger partial charge on any atom is -0.495 e. The molecule has 1 aliphatic heterocycles. The van der Waals surface area contributed by atoms with Gasteiger partial charge in [0, 0.05) is 17.3 Å². The minimum absolute atomic E-state index is 0.118. The first-order valence-electron chi connectivity index (χ1n) is 11.3. The monoisotopic (exact) mass is 531 g/mol. The molecule has 1 aliphatic rings. The number of thiocarbonyl (C=S) groups is 1. The van der Waals surface area contributed by atoms with Crippen molar-refractivity contribution in [3.8, 4) is 22.7 Å². The molecule has 36 heavy (non-hydrogen) atoms. The highest BCUT2D eigenvalue weighted by atomic mass is 35.5. The molecule has 0 radical (unpaired) electrons. The molecule has 2 heterocycles. The van der Waals surface area contributed by atoms with Crippen LogP contribution in [0.3, 0.4) is 0 Å². The molecule has 1 atom stereocenters. The number of hydrogen-bond acceptors (Lipinski definition) is 5. The summed E-state index contributed by atoms with van der Waals surface area (Å²) in [6.07, 6.45) is 3.77. The number of rotatable bonds is 6. The molecule has 0 aliphatic carbocycles. The zero-order chi connectivity index (χ0) is 25.2. The molecule has 5 nitrogen and oxygen atoms in total. The van der Waals surface area contributed by atoms with E-state index in [1.807, 2.05) is 98.1 Å². The smallest absolute Gasteiger partial charge is 0.266 e. The molecule has 4 aromatic rings. The number of para-hydroxylation sites is 1. The molecule has 0 saturated carbocycles. The molecule has 1 aromatic heterocycles. The van der Waals surface area contributed by atoms with Gasteiger partial charge in [0.1, 0.15) is 15.8 Å². The number of benzene rings is 3. The third kappa shape index (κ3) is 4.69. The molecular weight excluding hydrogens is 510 g/mol. The second-order valence-corrected chi connectivity index (χ2v) is 10.3. The van der Waals surface area contributed by atoms with Gasteiger partial charge in [0.2, 0.25) is 0 Å². The quantitative estimate of drug-likeness (QED) is 0.195. The minimum atomic E-state index is -0.170. The Bertz CT molecular complexity index is 1470. The van der Waals surface area contributed by atoms with Gasteiger partial charge in [-0.2, -0.15) is 5.10 Å². The predicted molar refractivity (Wildman–Crippen MR) is 150 cm³/mol. The molecule has 0 N–H and O–H groups in total. The number of nitrogens with zero attached hydrogens (tertiary/aromatic N) is 3. The highest BCUT2D eigenvalue weighted by Gasteiger charge is 2.36.